The van der Waals surface area contributed by atoms with Crippen molar-refractivity contribution in [2.75, 3.05) is 28.1 Å². The summed E-state index contributed by atoms with van der Waals surface area (Å²) in [5.41, 5.74) is -0.829. The van der Waals surface area contributed by atoms with Crippen molar-refractivity contribution >= 4 is 0 Å². The van der Waals surface area contributed by atoms with Crippen LogP contribution in [0.2, 0.25) is 0 Å². The zero-order valence-electron chi connectivity index (χ0n) is 13.0. The fourth-order valence-corrected chi connectivity index (χ4v) is 3.03. The van der Waals surface area contributed by atoms with Gasteiger partial charge in [0.15, 0.2) is 6.29 Å². The molecule has 1 heterocycles. The Labute approximate surface area is 128 Å². The van der Waals surface area contributed by atoms with Crippen LogP contribution in [0, 0.1) is 5.92 Å². The van der Waals surface area contributed by atoms with Crippen molar-refractivity contribution < 1.29 is 18.9 Å². The highest BCUT2D eigenvalue weighted by molar-refractivity contribution is 4.93. The average molecular weight is 314 g/mol. The lowest BCUT2D eigenvalue weighted by Gasteiger charge is -2.25. The van der Waals surface area contributed by atoms with Crippen LogP contribution < -0.4 is 11.2 Å². The first-order chi connectivity index (χ1) is 10.6. The second-order valence-electron chi connectivity index (χ2n) is 5.26. The second-order valence-corrected chi connectivity index (χ2v) is 5.26. The van der Waals surface area contributed by atoms with Crippen molar-refractivity contribution in [2.45, 2.75) is 31.3 Å². The number of hydrogen-bond acceptors (Lipinski definition) is 6. The van der Waals surface area contributed by atoms with E-state index < -0.39 is 17.5 Å². The fraction of sp³-hybridized carbons (Fsp3) is 0.714. The summed E-state index contributed by atoms with van der Waals surface area (Å²) in [4.78, 5) is 25.4. The molecule has 0 bridgehead atoms. The molecular weight excluding hydrogens is 292 g/mol. The number of H-pyrrole nitrogens is 1. The highest BCUT2D eigenvalue weighted by atomic mass is 16.7. The molecule has 1 N–H and O–H groups in total. The number of ether oxygens (including phenoxy) is 4. The van der Waals surface area contributed by atoms with Gasteiger partial charge in [-0.1, -0.05) is 0 Å². The first-order valence-corrected chi connectivity index (χ1v) is 7.08. The number of nitrogens with one attached hydrogen (secondary N) is 1. The molecule has 1 aliphatic rings. The third-order valence-electron chi connectivity index (χ3n) is 3.98. The molecule has 1 unspecified atom stereocenters. The third-order valence-corrected chi connectivity index (χ3v) is 3.98. The SMILES string of the molecule is COCO[C@@H]1CC(n2ccc(=O)[nH]c2=O)C[C@H]1C(OC)OC. The molecule has 0 spiro atoms. The predicted molar refractivity (Wildman–Crippen MR) is 77.6 cm³/mol. The quantitative estimate of drug-likeness (QED) is 0.718. The van der Waals surface area contributed by atoms with Gasteiger partial charge in [-0.05, 0) is 12.8 Å². The maximum atomic E-state index is 11.9. The van der Waals surface area contributed by atoms with Gasteiger partial charge >= 0.3 is 5.69 Å². The molecular formula is C14H22N2O6. The van der Waals surface area contributed by atoms with Gasteiger partial charge in [-0.15, -0.1) is 0 Å². The summed E-state index contributed by atoms with van der Waals surface area (Å²) in [6, 6.07) is 1.24. The molecule has 1 fully saturated rings. The maximum absolute atomic E-state index is 11.9. The average Bonchev–Trinajstić information content (AvgIpc) is 2.90. The number of methoxy groups -OCH3 is 3. The Balaban J connectivity index is 2.21. The minimum atomic E-state index is -0.426. The third kappa shape index (κ3) is 3.64. The van der Waals surface area contributed by atoms with Crippen LogP contribution in [0.4, 0.5) is 0 Å². The molecule has 1 aromatic rings. The molecule has 124 valence electrons. The van der Waals surface area contributed by atoms with E-state index in [1.54, 1.807) is 21.3 Å². The molecule has 0 aromatic carbocycles. The Hall–Kier alpha value is -1.48. The van der Waals surface area contributed by atoms with E-state index in [9.17, 15) is 9.59 Å². The van der Waals surface area contributed by atoms with E-state index in [0.717, 1.165) is 0 Å². The molecule has 0 saturated heterocycles. The zero-order valence-corrected chi connectivity index (χ0v) is 13.0. The van der Waals surface area contributed by atoms with Crippen molar-refractivity contribution in [3.05, 3.63) is 33.1 Å². The minimum Gasteiger partial charge on any atom is -0.359 e. The Bertz CT molecular complexity index is 579. The molecule has 1 aromatic heterocycles. The molecule has 2 rings (SSSR count). The van der Waals surface area contributed by atoms with E-state index in [2.05, 4.69) is 4.98 Å². The van der Waals surface area contributed by atoms with Crippen LogP contribution in [-0.2, 0) is 18.9 Å². The topological polar surface area (TPSA) is 91.8 Å². The van der Waals surface area contributed by atoms with Crippen LogP contribution in [-0.4, -0.2) is 50.1 Å². The normalized spacial score (nSPS) is 25.0. The first kappa shape index (κ1) is 16.9. The van der Waals surface area contributed by atoms with Gasteiger partial charge in [0, 0.05) is 45.6 Å². The Morgan fingerprint density at radius 3 is 2.59 bits per heavy atom. The lowest BCUT2D eigenvalue weighted by Crippen LogP contribution is -2.32. The molecule has 8 nitrogen and oxygen atoms in total. The minimum absolute atomic E-state index is 0.0334. The van der Waals surface area contributed by atoms with Gasteiger partial charge in [-0.2, -0.15) is 0 Å². The van der Waals surface area contributed by atoms with E-state index in [0.29, 0.717) is 12.8 Å². The predicted octanol–water partition coefficient (Wildman–Crippen LogP) is 0.0957. The largest absolute Gasteiger partial charge is 0.359 e. The number of aromatic nitrogens is 2. The summed E-state index contributed by atoms with van der Waals surface area (Å²) >= 11 is 0. The number of rotatable bonds is 7. The van der Waals surface area contributed by atoms with Crippen LogP contribution in [0.5, 0.6) is 0 Å². The van der Waals surface area contributed by atoms with Crippen LogP contribution in [0.3, 0.4) is 0 Å². The molecule has 0 aliphatic heterocycles. The molecule has 8 heteroatoms. The summed E-state index contributed by atoms with van der Waals surface area (Å²) < 4.78 is 22.9. The molecule has 1 saturated carbocycles. The summed E-state index contributed by atoms with van der Waals surface area (Å²) in [7, 11) is 4.69. The van der Waals surface area contributed by atoms with E-state index in [1.807, 2.05) is 0 Å². The fourth-order valence-electron chi connectivity index (χ4n) is 3.03. The van der Waals surface area contributed by atoms with Crippen molar-refractivity contribution in [1.29, 1.82) is 0 Å². The van der Waals surface area contributed by atoms with Crippen LogP contribution in [0.15, 0.2) is 21.9 Å². The lowest BCUT2D eigenvalue weighted by atomic mass is 10.1. The van der Waals surface area contributed by atoms with Gasteiger partial charge < -0.3 is 18.9 Å². The number of aromatic amines is 1. The van der Waals surface area contributed by atoms with E-state index in [1.165, 1.54) is 16.8 Å². The molecule has 3 atom stereocenters. The van der Waals surface area contributed by atoms with Gasteiger partial charge in [-0.3, -0.25) is 14.3 Å². The van der Waals surface area contributed by atoms with Crippen LogP contribution in [0.1, 0.15) is 18.9 Å². The van der Waals surface area contributed by atoms with Crippen molar-refractivity contribution in [3.63, 3.8) is 0 Å². The smallest absolute Gasteiger partial charge is 0.328 e. The van der Waals surface area contributed by atoms with Crippen molar-refractivity contribution in [1.82, 2.24) is 9.55 Å². The van der Waals surface area contributed by atoms with Crippen LogP contribution >= 0.6 is 0 Å². The van der Waals surface area contributed by atoms with Crippen molar-refractivity contribution in [2.24, 2.45) is 5.92 Å². The molecule has 1 aliphatic carbocycles. The summed E-state index contributed by atoms with van der Waals surface area (Å²) in [5, 5.41) is 0. The highest BCUT2D eigenvalue weighted by Crippen LogP contribution is 2.38. The Morgan fingerprint density at radius 2 is 2.00 bits per heavy atom. The Morgan fingerprint density at radius 1 is 1.27 bits per heavy atom. The summed E-state index contributed by atoms with van der Waals surface area (Å²) in [5.74, 6) is -0.0334. The lowest BCUT2D eigenvalue weighted by molar-refractivity contribution is -0.176. The molecule has 0 radical (unpaired) electrons. The zero-order chi connectivity index (χ0) is 16.1. The number of hydrogen-bond donors (Lipinski definition) is 1. The standard InChI is InChI=1S/C14H22N2O6/c1-19-8-22-11-7-9(6-10(11)13(20-2)21-3)16-5-4-12(17)15-14(16)18/h4-5,9-11,13H,6-8H2,1-3H3,(H,15,17,18)/t9?,10-,11-/m1/s1. The second kappa shape index (κ2) is 7.68. The number of nitrogens with zero attached hydrogens (tertiary/aromatic N) is 1. The molecule has 0 amide bonds. The van der Waals surface area contributed by atoms with Crippen LogP contribution in [0.25, 0.3) is 0 Å². The van der Waals surface area contributed by atoms with E-state index in [-0.39, 0.29) is 24.9 Å². The summed E-state index contributed by atoms with van der Waals surface area (Å²) in [6.45, 7) is 0.161. The monoisotopic (exact) mass is 314 g/mol. The summed E-state index contributed by atoms with van der Waals surface area (Å²) in [6.07, 6.45) is 2.19. The maximum Gasteiger partial charge on any atom is 0.328 e. The van der Waals surface area contributed by atoms with Crippen molar-refractivity contribution in [3.8, 4) is 0 Å². The first-order valence-electron chi connectivity index (χ1n) is 7.08. The molecule has 22 heavy (non-hydrogen) atoms. The van der Waals surface area contributed by atoms with Gasteiger partial charge in [0.25, 0.3) is 5.56 Å². The van der Waals surface area contributed by atoms with Gasteiger partial charge in [0.2, 0.25) is 0 Å². The van der Waals surface area contributed by atoms with E-state index >= 15 is 0 Å². The highest BCUT2D eigenvalue weighted by Gasteiger charge is 2.41. The Kier molecular flexibility index (Phi) is 5.90. The van der Waals surface area contributed by atoms with E-state index in [4.69, 9.17) is 18.9 Å². The van der Waals surface area contributed by atoms with Gasteiger partial charge in [-0.25, -0.2) is 4.79 Å². The van der Waals surface area contributed by atoms with Gasteiger partial charge in [0.1, 0.15) is 6.79 Å². The van der Waals surface area contributed by atoms with Gasteiger partial charge in [0.05, 0.1) is 6.10 Å².